The molecule has 2 rings (SSSR count). The fraction of sp³-hybridized carbons (Fsp3) is 0.647. The largest absolute Gasteiger partial charge is 0.313 e. The van der Waals surface area contributed by atoms with E-state index in [4.69, 9.17) is 11.6 Å². The second-order valence-corrected chi connectivity index (χ2v) is 7.72. The fourth-order valence-electron chi connectivity index (χ4n) is 3.34. The van der Waals surface area contributed by atoms with Gasteiger partial charge in [0.15, 0.2) is 0 Å². The summed E-state index contributed by atoms with van der Waals surface area (Å²) >= 11 is 8.06. The van der Waals surface area contributed by atoms with E-state index < -0.39 is 0 Å². The summed E-state index contributed by atoms with van der Waals surface area (Å²) in [6, 6.07) is 8.94. The molecule has 1 N–H and O–H groups in total. The minimum atomic E-state index is 0.663. The number of rotatable bonds is 5. The van der Waals surface area contributed by atoms with Crippen molar-refractivity contribution in [1.29, 1.82) is 0 Å². The van der Waals surface area contributed by atoms with Gasteiger partial charge >= 0.3 is 0 Å². The third-order valence-electron chi connectivity index (χ3n) is 4.21. The quantitative estimate of drug-likeness (QED) is 0.822. The topological polar surface area (TPSA) is 12.0 Å². The van der Waals surface area contributed by atoms with Crippen LogP contribution in [0.4, 0.5) is 0 Å². The molecule has 4 unspecified atom stereocenters. The maximum atomic E-state index is 5.95. The highest BCUT2D eigenvalue weighted by Crippen LogP contribution is 2.37. The van der Waals surface area contributed by atoms with Gasteiger partial charge in [-0.15, -0.1) is 0 Å². The number of nitrogens with one attached hydrogen (secondary N) is 1. The Hall–Kier alpha value is -0.180. The fourth-order valence-corrected chi connectivity index (χ4v) is 4.93. The van der Waals surface area contributed by atoms with E-state index in [2.05, 4.69) is 50.0 Å². The van der Waals surface area contributed by atoms with Gasteiger partial charge in [0.2, 0.25) is 0 Å². The van der Waals surface area contributed by atoms with E-state index in [1.807, 2.05) is 12.1 Å². The van der Waals surface area contributed by atoms with Crippen molar-refractivity contribution in [3.8, 4) is 0 Å². The summed E-state index contributed by atoms with van der Waals surface area (Å²) in [6.45, 7) is 8.09. The lowest BCUT2D eigenvalue weighted by atomic mass is 9.80. The molecular weight excluding hydrogens is 286 g/mol. The van der Waals surface area contributed by atoms with Crippen molar-refractivity contribution in [3.05, 3.63) is 34.9 Å². The van der Waals surface area contributed by atoms with Crippen molar-refractivity contribution < 1.29 is 0 Å². The summed E-state index contributed by atoms with van der Waals surface area (Å²) in [5.41, 5.74) is 1.38. The highest BCUT2D eigenvalue weighted by molar-refractivity contribution is 7.99. The monoisotopic (exact) mass is 311 g/mol. The highest BCUT2D eigenvalue weighted by Gasteiger charge is 2.33. The van der Waals surface area contributed by atoms with Crippen LogP contribution in [-0.2, 0) is 5.75 Å². The van der Waals surface area contributed by atoms with Crippen LogP contribution >= 0.6 is 23.4 Å². The zero-order valence-electron chi connectivity index (χ0n) is 12.7. The number of hydrogen-bond donors (Lipinski definition) is 1. The van der Waals surface area contributed by atoms with E-state index in [-0.39, 0.29) is 0 Å². The highest BCUT2D eigenvalue weighted by atomic mass is 35.5. The van der Waals surface area contributed by atoms with E-state index in [1.165, 1.54) is 18.4 Å². The average molecular weight is 312 g/mol. The van der Waals surface area contributed by atoms with E-state index in [0.29, 0.717) is 6.04 Å². The SMILES string of the molecule is CCNC1CC(C)CC(C)C1SCc1ccc(Cl)cc1. The van der Waals surface area contributed by atoms with Gasteiger partial charge < -0.3 is 5.32 Å². The molecule has 4 atom stereocenters. The predicted octanol–water partition coefficient (Wildman–Crippen LogP) is 4.99. The van der Waals surface area contributed by atoms with Gasteiger partial charge in [0.25, 0.3) is 0 Å². The molecule has 0 spiro atoms. The lowest BCUT2D eigenvalue weighted by Crippen LogP contribution is -2.46. The molecule has 1 aromatic rings. The molecule has 1 fully saturated rings. The van der Waals surface area contributed by atoms with Crippen LogP contribution in [0.5, 0.6) is 0 Å². The summed E-state index contributed by atoms with van der Waals surface area (Å²) in [5.74, 6) is 2.73. The summed E-state index contributed by atoms with van der Waals surface area (Å²) in [6.07, 6.45) is 2.68. The van der Waals surface area contributed by atoms with Gasteiger partial charge in [0.1, 0.15) is 0 Å². The van der Waals surface area contributed by atoms with Crippen molar-refractivity contribution in [2.75, 3.05) is 6.54 Å². The number of halogens is 1. The maximum Gasteiger partial charge on any atom is 0.0406 e. The van der Waals surface area contributed by atoms with E-state index in [1.54, 1.807) is 0 Å². The van der Waals surface area contributed by atoms with E-state index in [0.717, 1.165) is 34.4 Å². The minimum Gasteiger partial charge on any atom is -0.313 e. The molecule has 0 saturated heterocycles. The summed E-state index contributed by atoms with van der Waals surface area (Å²) in [5, 5.41) is 5.25. The van der Waals surface area contributed by atoms with Crippen LogP contribution < -0.4 is 5.32 Å². The summed E-state index contributed by atoms with van der Waals surface area (Å²) in [7, 11) is 0. The van der Waals surface area contributed by atoms with Crippen LogP contribution in [0.25, 0.3) is 0 Å². The van der Waals surface area contributed by atoms with Crippen molar-refractivity contribution >= 4 is 23.4 Å². The first kappa shape index (κ1) is 16.2. The average Bonchev–Trinajstić information content (AvgIpc) is 2.40. The first-order chi connectivity index (χ1) is 9.60. The smallest absolute Gasteiger partial charge is 0.0406 e. The Bertz CT molecular complexity index is 406. The van der Waals surface area contributed by atoms with E-state index in [9.17, 15) is 0 Å². The van der Waals surface area contributed by atoms with Crippen LogP contribution in [0.1, 0.15) is 39.2 Å². The van der Waals surface area contributed by atoms with Gasteiger partial charge in [0.05, 0.1) is 0 Å². The Morgan fingerprint density at radius 1 is 1.20 bits per heavy atom. The normalized spacial score (nSPS) is 30.4. The second kappa shape index (κ2) is 7.72. The molecule has 1 aliphatic carbocycles. The zero-order valence-corrected chi connectivity index (χ0v) is 14.3. The van der Waals surface area contributed by atoms with E-state index >= 15 is 0 Å². The van der Waals surface area contributed by atoms with Gasteiger partial charge in [-0.3, -0.25) is 0 Å². The second-order valence-electron chi connectivity index (χ2n) is 6.12. The number of thioether (sulfide) groups is 1. The molecule has 0 bridgehead atoms. The molecular formula is C17H26ClNS. The molecule has 1 nitrogen and oxygen atoms in total. The molecule has 1 aliphatic rings. The van der Waals surface area contributed by atoms with Crippen LogP contribution in [0.2, 0.25) is 5.02 Å². The molecule has 0 amide bonds. The van der Waals surface area contributed by atoms with Gasteiger partial charge in [-0.05, 0) is 48.9 Å². The Balaban J connectivity index is 1.95. The zero-order chi connectivity index (χ0) is 14.5. The molecule has 0 aliphatic heterocycles. The van der Waals surface area contributed by atoms with Gasteiger partial charge in [-0.2, -0.15) is 11.8 Å². The Morgan fingerprint density at radius 3 is 2.55 bits per heavy atom. The van der Waals surface area contributed by atoms with Crippen molar-refractivity contribution in [1.82, 2.24) is 5.32 Å². The third kappa shape index (κ3) is 4.41. The molecule has 0 heterocycles. The first-order valence-corrected chi connectivity index (χ1v) is 9.12. The minimum absolute atomic E-state index is 0.663. The molecule has 3 heteroatoms. The number of benzene rings is 1. The van der Waals surface area contributed by atoms with Crippen LogP contribution in [0.3, 0.4) is 0 Å². The first-order valence-electron chi connectivity index (χ1n) is 7.69. The molecule has 1 saturated carbocycles. The van der Waals surface area contributed by atoms with Crippen LogP contribution in [-0.4, -0.2) is 17.8 Å². The van der Waals surface area contributed by atoms with Crippen LogP contribution in [0.15, 0.2) is 24.3 Å². The molecule has 0 radical (unpaired) electrons. The Labute approximate surface area is 132 Å². The lowest BCUT2D eigenvalue weighted by Gasteiger charge is -2.39. The van der Waals surface area contributed by atoms with Crippen LogP contribution in [0, 0.1) is 11.8 Å². The molecule has 0 aromatic heterocycles. The van der Waals surface area contributed by atoms with Gasteiger partial charge in [0, 0.05) is 22.1 Å². The Morgan fingerprint density at radius 2 is 1.90 bits per heavy atom. The Kier molecular flexibility index (Phi) is 6.25. The van der Waals surface area contributed by atoms with Gasteiger partial charge in [-0.1, -0.05) is 44.5 Å². The van der Waals surface area contributed by atoms with Crippen molar-refractivity contribution in [3.63, 3.8) is 0 Å². The van der Waals surface area contributed by atoms with Crippen molar-refractivity contribution in [2.24, 2.45) is 11.8 Å². The lowest BCUT2D eigenvalue weighted by molar-refractivity contribution is 0.251. The molecule has 112 valence electrons. The molecule has 1 aromatic carbocycles. The maximum absolute atomic E-state index is 5.95. The summed E-state index contributed by atoms with van der Waals surface area (Å²) < 4.78 is 0. The molecule has 20 heavy (non-hydrogen) atoms. The predicted molar refractivity (Wildman–Crippen MR) is 91.6 cm³/mol. The van der Waals surface area contributed by atoms with Gasteiger partial charge in [-0.25, -0.2) is 0 Å². The third-order valence-corrected chi connectivity index (χ3v) is 6.14. The standard InChI is InChI=1S/C17H26ClNS/c1-4-19-16-10-12(2)9-13(3)17(16)20-11-14-5-7-15(18)8-6-14/h5-8,12-13,16-17,19H,4,9-11H2,1-3H3. The summed E-state index contributed by atoms with van der Waals surface area (Å²) in [4.78, 5) is 0. The number of hydrogen-bond acceptors (Lipinski definition) is 2. The van der Waals surface area contributed by atoms with Crippen molar-refractivity contribution in [2.45, 2.75) is 50.7 Å².